The minimum Gasteiger partial charge on any atom is -0.459 e. The molecule has 2 aromatic rings. The van der Waals surface area contributed by atoms with Crippen molar-refractivity contribution in [2.24, 2.45) is 9.98 Å². The molecular formula is C16H10F6N2O2. The summed E-state index contributed by atoms with van der Waals surface area (Å²) in [7, 11) is 0. The van der Waals surface area contributed by atoms with Gasteiger partial charge in [0.1, 0.15) is 0 Å². The number of alkyl halides is 6. The third kappa shape index (κ3) is 2.95. The lowest BCUT2D eigenvalue weighted by Gasteiger charge is -2.33. The van der Waals surface area contributed by atoms with Crippen molar-refractivity contribution in [2.45, 2.75) is 24.9 Å². The molecule has 0 spiro atoms. The van der Waals surface area contributed by atoms with Crippen molar-refractivity contribution in [3.8, 4) is 0 Å². The van der Waals surface area contributed by atoms with Gasteiger partial charge in [-0.3, -0.25) is 0 Å². The molecule has 10 heteroatoms. The molecule has 3 rings (SSSR count). The van der Waals surface area contributed by atoms with Crippen LogP contribution in [0.2, 0.25) is 0 Å². The van der Waals surface area contributed by atoms with E-state index in [0.29, 0.717) is 0 Å². The fraction of sp³-hybridized carbons (Fsp3) is 0.250. The molecular weight excluding hydrogens is 366 g/mol. The van der Waals surface area contributed by atoms with Crippen LogP contribution in [0.1, 0.15) is 16.9 Å². The summed E-state index contributed by atoms with van der Waals surface area (Å²) >= 11 is 0. The molecule has 0 atom stereocenters. The van der Waals surface area contributed by atoms with Gasteiger partial charge in [-0.2, -0.15) is 31.3 Å². The van der Waals surface area contributed by atoms with Gasteiger partial charge in [0.15, 0.2) is 5.76 Å². The largest absolute Gasteiger partial charge is 0.459 e. The van der Waals surface area contributed by atoms with Crippen molar-refractivity contribution in [1.82, 2.24) is 0 Å². The molecule has 0 N–H and O–H groups in total. The standard InChI is InChI=1S/C16H10F6N2O2/c1-9-4-6-10(7-5-9)12-23-14(15(17,18)19,16(20,21)22)24-13(26-12)11-3-2-8-25-11/h2-8H,1H3. The average Bonchev–Trinajstić information content (AvgIpc) is 3.07. The topological polar surface area (TPSA) is 47.1 Å². The number of rotatable bonds is 2. The number of ether oxygens (including phenoxy) is 1. The van der Waals surface area contributed by atoms with Gasteiger partial charge >= 0.3 is 18.0 Å². The first-order chi connectivity index (χ1) is 12.0. The van der Waals surface area contributed by atoms with Gasteiger partial charge < -0.3 is 9.15 Å². The van der Waals surface area contributed by atoms with Crippen molar-refractivity contribution >= 4 is 11.8 Å². The Bertz CT molecular complexity index is 834. The number of aliphatic imine (C=N–C) groups is 2. The second-order valence-corrected chi connectivity index (χ2v) is 5.45. The van der Waals surface area contributed by atoms with Gasteiger partial charge in [-0.1, -0.05) is 17.7 Å². The minimum atomic E-state index is -5.84. The Morgan fingerprint density at radius 3 is 1.92 bits per heavy atom. The van der Waals surface area contributed by atoms with Crippen molar-refractivity contribution in [3.63, 3.8) is 0 Å². The zero-order valence-electron chi connectivity index (χ0n) is 13.0. The molecule has 0 amide bonds. The van der Waals surface area contributed by atoms with Crippen LogP contribution < -0.4 is 0 Å². The maximum absolute atomic E-state index is 13.4. The molecule has 4 nitrogen and oxygen atoms in total. The normalized spacial score (nSPS) is 17.3. The van der Waals surface area contributed by atoms with E-state index in [2.05, 4.69) is 9.98 Å². The molecule has 1 aliphatic rings. The van der Waals surface area contributed by atoms with Crippen molar-refractivity contribution < 1.29 is 35.5 Å². The van der Waals surface area contributed by atoms with E-state index in [1.807, 2.05) is 0 Å². The summed E-state index contributed by atoms with van der Waals surface area (Å²) in [6, 6.07) is 8.02. The Hall–Kier alpha value is -2.78. The van der Waals surface area contributed by atoms with Crippen LogP contribution in [0.4, 0.5) is 26.3 Å². The molecule has 0 aliphatic carbocycles. The summed E-state index contributed by atoms with van der Waals surface area (Å²) in [5, 5.41) is 0. The molecule has 0 fully saturated rings. The van der Waals surface area contributed by atoms with Crippen LogP contribution in [-0.4, -0.2) is 29.8 Å². The smallest absolute Gasteiger partial charge is 0.443 e. The van der Waals surface area contributed by atoms with Crippen LogP contribution in [0.3, 0.4) is 0 Å². The highest BCUT2D eigenvalue weighted by atomic mass is 19.4. The number of hydrogen-bond acceptors (Lipinski definition) is 4. The van der Waals surface area contributed by atoms with E-state index in [1.165, 1.54) is 30.3 Å². The number of nitrogens with zero attached hydrogens (tertiary/aromatic N) is 2. The quantitative estimate of drug-likeness (QED) is 0.718. The van der Waals surface area contributed by atoms with Crippen molar-refractivity contribution in [1.29, 1.82) is 0 Å². The zero-order chi connectivity index (χ0) is 19.2. The van der Waals surface area contributed by atoms with Crippen LogP contribution in [0.5, 0.6) is 0 Å². The van der Waals surface area contributed by atoms with E-state index in [0.717, 1.165) is 17.9 Å². The van der Waals surface area contributed by atoms with E-state index >= 15 is 0 Å². The summed E-state index contributed by atoms with van der Waals surface area (Å²) in [6.07, 6.45) is -10.6. The lowest BCUT2D eigenvalue weighted by Crippen LogP contribution is -2.56. The third-order valence-corrected chi connectivity index (χ3v) is 3.54. The van der Waals surface area contributed by atoms with E-state index in [1.54, 1.807) is 6.92 Å². The molecule has 1 aromatic carbocycles. The number of benzene rings is 1. The van der Waals surface area contributed by atoms with Gasteiger partial charge in [0.25, 0.3) is 5.90 Å². The Balaban J connectivity index is 2.23. The van der Waals surface area contributed by atoms with Gasteiger partial charge in [0.2, 0.25) is 5.90 Å². The fourth-order valence-corrected chi connectivity index (χ4v) is 2.20. The number of halogens is 6. The highest BCUT2D eigenvalue weighted by molar-refractivity contribution is 6.07. The maximum atomic E-state index is 13.4. The van der Waals surface area contributed by atoms with Crippen molar-refractivity contribution in [2.75, 3.05) is 0 Å². The fourth-order valence-electron chi connectivity index (χ4n) is 2.20. The van der Waals surface area contributed by atoms with E-state index in [4.69, 9.17) is 9.15 Å². The van der Waals surface area contributed by atoms with Gasteiger partial charge in [0, 0.05) is 5.56 Å². The summed E-state index contributed by atoms with van der Waals surface area (Å²) < 4.78 is 90.6. The summed E-state index contributed by atoms with van der Waals surface area (Å²) in [5.41, 5.74) is -4.00. The highest BCUT2D eigenvalue weighted by Crippen LogP contribution is 2.49. The maximum Gasteiger partial charge on any atom is 0.443 e. The monoisotopic (exact) mass is 376 g/mol. The summed E-state index contributed by atoms with van der Waals surface area (Å²) in [4.78, 5) is 5.59. The summed E-state index contributed by atoms with van der Waals surface area (Å²) in [5.74, 6) is -2.21. The zero-order valence-corrected chi connectivity index (χ0v) is 13.0. The lowest BCUT2D eigenvalue weighted by atomic mass is 10.1. The van der Waals surface area contributed by atoms with E-state index < -0.39 is 29.8 Å². The number of aryl methyl sites for hydroxylation is 1. The molecule has 0 saturated carbocycles. The molecule has 1 aliphatic heterocycles. The third-order valence-electron chi connectivity index (χ3n) is 3.54. The summed E-state index contributed by atoms with van der Waals surface area (Å²) in [6.45, 7) is 1.71. The van der Waals surface area contributed by atoms with Crippen LogP contribution in [0.15, 0.2) is 57.1 Å². The highest BCUT2D eigenvalue weighted by Gasteiger charge is 2.74. The molecule has 0 radical (unpaired) electrons. The van der Waals surface area contributed by atoms with E-state index in [-0.39, 0.29) is 11.3 Å². The van der Waals surface area contributed by atoms with Crippen LogP contribution in [0, 0.1) is 6.92 Å². The predicted molar refractivity (Wildman–Crippen MR) is 78.9 cm³/mol. The number of hydrogen-bond donors (Lipinski definition) is 0. The Labute approximate surface area is 142 Å². The number of furan rings is 1. The van der Waals surface area contributed by atoms with Gasteiger partial charge in [0.05, 0.1) is 6.26 Å². The minimum absolute atomic E-state index is 0.0626. The van der Waals surface area contributed by atoms with Gasteiger partial charge in [-0.25, -0.2) is 4.99 Å². The molecule has 0 saturated heterocycles. The van der Waals surface area contributed by atoms with Gasteiger partial charge in [-0.15, -0.1) is 0 Å². The molecule has 1 aromatic heterocycles. The van der Waals surface area contributed by atoms with Gasteiger partial charge in [-0.05, 0) is 31.2 Å². The van der Waals surface area contributed by atoms with Crippen LogP contribution >= 0.6 is 0 Å². The average molecular weight is 376 g/mol. The van der Waals surface area contributed by atoms with Crippen LogP contribution in [-0.2, 0) is 4.74 Å². The Kier molecular flexibility index (Phi) is 4.08. The first kappa shape index (κ1) is 18.0. The molecule has 0 bridgehead atoms. The lowest BCUT2D eigenvalue weighted by molar-refractivity contribution is -0.293. The second-order valence-electron chi connectivity index (χ2n) is 5.45. The predicted octanol–water partition coefficient (Wildman–Crippen LogP) is 4.63. The molecule has 138 valence electrons. The van der Waals surface area contributed by atoms with Crippen molar-refractivity contribution in [3.05, 3.63) is 59.5 Å². The molecule has 0 unspecified atom stereocenters. The van der Waals surface area contributed by atoms with Crippen LogP contribution in [0.25, 0.3) is 0 Å². The first-order valence-corrected chi connectivity index (χ1v) is 7.15. The Morgan fingerprint density at radius 2 is 1.42 bits per heavy atom. The molecule has 26 heavy (non-hydrogen) atoms. The Morgan fingerprint density at radius 1 is 0.846 bits per heavy atom. The van der Waals surface area contributed by atoms with E-state index in [9.17, 15) is 26.3 Å². The first-order valence-electron chi connectivity index (χ1n) is 7.15. The SMILES string of the molecule is Cc1ccc(C2=NC(C(F)(F)F)(C(F)(F)F)N=C(c3ccco3)O2)cc1. The second kappa shape index (κ2) is 5.89. The molecule has 2 heterocycles.